The number of amides is 1. The number of carbonyl (C=O) groups is 3. The largest absolute Gasteiger partial charge is 0.461 e. The van der Waals surface area contributed by atoms with Gasteiger partial charge in [-0.1, -0.05) is 0 Å². The van der Waals surface area contributed by atoms with E-state index in [2.05, 4.69) is 15.0 Å². The number of hydrogen-bond acceptors (Lipinski definition) is 8. The maximum atomic E-state index is 12.5. The van der Waals surface area contributed by atoms with Crippen LogP contribution in [0.1, 0.15) is 39.0 Å². The zero-order valence-electron chi connectivity index (χ0n) is 17.3. The topological polar surface area (TPSA) is 118 Å². The zero-order valence-corrected chi connectivity index (χ0v) is 17.3. The van der Waals surface area contributed by atoms with Crippen molar-refractivity contribution >= 4 is 23.8 Å². The van der Waals surface area contributed by atoms with Crippen molar-refractivity contribution in [3.63, 3.8) is 0 Å². The van der Waals surface area contributed by atoms with Crippen molar-refractivity contribution in [2.45, 2.75) is 20.8 Å². The molecule has 1 aliphatic heterocycles. The predicted octanol–water partition coefficient (Wildman–Crippen LogP) is 1.10. The molecule has 2 aromatic rings. The lowest BCUT2D eigenvalue weighted by atomic mass is 10.1. The highest BCUT2D eigenvalue weighted by Crippen LogP contribution is 2.20. The van der Waals surface area contributed by atoms with E-state index in [1.807, 2.05) is 4.90 Å². The third-order valence-electron chi connectivity index (χ3n) is 4.92. The molecule has 3 rings (SSSR count). The molecule has 0 aliphatic carbocycles. The van der Waals surface area contributed by atoms with E-state index >= 15 is 0 Å². The molecule has 1 amide bonds. The minimum atomic E-state index is -0.651. The fourth-order valence-corrected chi connectivity index (χ4v) is 3.36. The highest BCUT2D eigenvalue weighted by Gasteiger charge is 2.26. The fourth-order valence-electron chi connectivity index (χ4n) is 3.36. The lowest BCUT2D eigenvalue weighted by molar-refractivity contribution is -0.134. The van der Waals surface area contributed by atoms with E-state index in [1.54, 1.807) is 44.1 Å². The van der Waals surface area contributed by atoms with E-state index in [0.717, 1.165) is 0 Å². The van der Waals surface area contributed by atoms with Crippen molar-refractivity contribution in [2.75, 3.05) is 44.3 Å². The highest BCUT2D eigenvalue weighted by atomic mass is 16.5. The van der Waals surface area contributed by atoms with E-state index < -0.39 is 11.9 Å². The number of aryl methyl sites for hydroxylation is 1. The van der Waals surface area contributed by atoms with Gasteiger partial charge in [-0.05, 0) is 32.4 Å². The van der Waals surface area contributed by atoms with E-state index in [1.165, 1.54) is 0 Å². The Morgan fingerprint density at radius 2 is 1.70 bits per heavy atom. The molecule has 1 aliphatic rings. The van der Waals surface area contributed by atoms with Crippen LogP contribution in [-0.2, 0) is 14.3 Å². The summed E-state index contributed by atoms with van der Waals surface area (Å²) in [5, 5.41) is 0. The number of aromatic nitrogens is 3. The number of hydrogen-bond donors (Lipinski definition) is 1. The Labute approximate surface area is 174 Å². The number of aromatic amines is 1. The molecule has 1 fully saturated rings. The molecule has 10 heteroatoms. The second-order valence-electron chi connectivity index (χ2n) is 6.84. The van der Waals surface area contributed by atoms with E-state index in [4.69, 9.17) is 9.47 Å². The van der Waals surface area contributed by atoms with Crippen LogP contribution in [0.4, 0.5) is 5.95 Å². The normalized spacial score (nSPS) is 13.8. The van der Waals surface area contributed by atoms with Crippen LogP contribution in [0.3, 0.4) is 0 Å². The van der Waals surface area contributed by atoms with Crippen molar-refractivity contribution < 1.29 is 23.9 Å². The first-order valence-corrected chi connectivity index (χ1v) is 9.75. The second kappa shape index (κ2) is 9.38. The number of piperazine rings is 1. The summed E-state index contributed by atoms with van der Waals surface area (Å²) in [6.07, 6.45) is 3.36. The first kappa shape index (κ1) is 21.3. The van der Waals surface area contributed by atoms with Gasteiger partial charge in [0, 0.05) is 44.3 Å². The molecule has 0 saturated carbocycles. The number of carbonyl (C=O) groups excluding carboxylic acids is 3. The minimum Gasteiger partial charge on any atom is -0.461 e. The van der Waals surface area contributed by atoms with Gasteiger partial charge in [0.2, 0.25) is 5.95 Å². The monoisotopic (exact) mass is 415 g/mol. The maximum Gasteiger partial charge on any atom is 0.355 e. The van der Waals surface area contributed by atoms with Crippen LogP contribution >= 0.6 is 0 Å². The lowest BCUT2D eigenvalue weighted by Crippen LogP contribution is -2.50. The molecule has 3 heterocycles. The summed E-state index contributed by atoms with van der Waals surface area (Å²) in [6.45, 7) is 7.06. The van der Waals surface area contributed by atoms with E-state index in [0.29, 0.717) is 43.4 Å². The Kier molecular flexibility index (Phi) is 6.65. The van der Waals surface area contributed by atoms with Crippen LogP contribution in [0.15, 0.2) is 18.5 Å². The Bertz CT molecular complexity index is 919. The quantitative estimate of drug-likeness (QED) is 0.697. The third kappa shape index (κ3) is 4.58. The number of H-pyrrole nitrogens is 1. The fraction of sp³-hybridized carbons (Fsp3) is 0.450. The molecule has 0 spiro atoms. The molecule has 10 nitrogen and oxygen atoms in total. The molecule has 0 radical (unpaired) electrons. The molecule has 0 atom stereocenters. The van der Waals surface area contributed by atoms with Gasteiger partial charge in [0.15, 0.2) is 6.61 Å². The average Bonchev–Trinajstić information content (AvgIpc) is 3.07. The van der Waals surface area contributed by atoms with Crippen LogP contribution in [0, 0.1) is 13.8 Å². The average molecular weight is 415 g/mol. The first-order valence-electron chi connectivity index (χ1n) is 9.75. The van der Waals surface area contributed by atoms with Crippen molar-refractivity contribution in [3.05, 3.63) is 41.0 Å². The van der Waals surface area contributed by atoms with E-state index in [-0.39, 0.29) is 30.4 Å². The smallest absolute Gasteiger partial charge is 0.355 e. The summed E-state index contributed by atoms with van der Waals surface area (Å²) >= 11 is 0. The SMILES string of the molecule is CCOC(=O)c1[nH]c(C)c(C(=O)OCC(=O)N2CCN(c3ncccn3)CC2)c1C. The van der Waals surface area contributed by atoms with Crippen LogP contribution in [-0.4, -0.2) is 77.1 Å². The summed E-state index contributed by atoms with van der Waals surface area (Å²) in [5.41, 5.74) is 1.40. The number of anilines is 1. The van der Waals surface area contributed by atoms with Crippen LogP contribution < -0.4 is 4.90 Å². The Hall–Kier alpha value is -3.43. The molecule has 0 aromatic carbocycles. The van der Waals surface area contributed by atoms with Gasteiger partial charge in [-0.3, -0.25) is 4.79 Å². The van der Waals surface area contributed by atoms with Gasteiger partial charge in [-0.15, -0.1) is 0 Å². The Morgan fingerprint density at radius 3 is 2.33 bits per heavy atom. The number of ether oxygens (including phenoxy) is 2. The van der Waals surface area contributed by atoms with Crippen LogP contribution in [0.25, 0.3) is 0 Å². The molecule has 0 bridgehead atoms. The maximum absolute atomic E-state index is 12.5. The number of rotatable bonds is 6. The summed E-state index contributed by atoms with van der Waals surface area (Å²) < 4.78 is 10.2. The van der Waals surface area contributed by atoms with Crippen molar-refractivity contribution in [3.8, 4) is 0 Å². The van der Waals surface area contributed by atoms with Gasteiger partial charge in [-0.25, -0.2) is 19.6 Å². The Morgan fingerprint density at radius 1 is 1.03 bits per heavy atom. The summed E-state index contributed by atoms with van der Waals surface area (Å²) in [4.78, 5) is 51.9. The molecule has 160 valence electrons. The van der Waals surface area contributed by atoms with Gasteiger partial charge in [-0.2, -0.15) is 0 Å². The summed E-state index contributed by atoms with van der Waals surface area (Å²) in [5.74, 6) is -0.824. The minimum absolute atomic E-state index is 0.215. The predicted molar refractivity (Wildman–Crippen MR) is 107 cm³/mol. The number of nitrogens with one attached hydrogen (secondary N) is 1. The van der Waals surface area contributed by atoms with Gasteiger partial charge < -0.3 is 24.3 Å². The van der Waals surface area contributed by atoms with E-state index in [9.17, 15) is 14.4 Å². The lowest BCUT2D eigenvalue weighted by Gasteiger charge is -2.34. The van der Waals surface area contributed by atoms with Gasteiger partial charge in [0.1, 0.15) is 5.69 Å². The molecule has 1 saturated heterocycles. The molecular formula is C20H25N5O5. The molecule has 2 aromatic heterocycles. The zero-order chi connectivity index (χ0) is 21.7. The number of nitrogens with zero attached hydrogens (tertiary/aromatic N) is 4. The third-order valence-corrected chi connectivity index (χ3v) is 4.92. The molecule has 30 heavy (non-hydrogen) atoms. The highest BCUT2D eigenvalue weighted by molar-refractivity contribution is 5.99. The Balaban J connectivity index is 1.54. The summed E-state index contributed by atoms with van der Waals surface area (Å²) in [6, 6.07) is 1.75. The standard InChI is InChI=1S/C20H25N5O5/c1-4-29-19(28)17-13(2)16(14(3)23-17)18(27)30-12-15(26)24-8-10-25(11-9-24)20-21-6-5-7-22-20/h5-7,23H,4,8-12H2,1-3H3. The second-order valence-corrected chi connectivity index (χ2v) is 6.84. The van der Waals surface area contributed by atoms with Crippen molar-refractivity contribution in [1.82, 2.24) is 19.9 Å². The van der Waals surface area contributed by atoms with Gasteiger partial charge in [0.05, 0.1) is 12.2 Å². The van der Waals surface area contributed by atoms with Crippen molar-refractivity contribution in [2.24, 2.45) is 0 Å². The molecule has 1 N–H and O–H groups in total. The number of esters is 2. The molecule has 0 unspecified atom stereocenters. The molecular weight excluding hydrogens is 390 g/mol. The summed E-state index contributed by atoms with van der Waals surface area (Å²) in [7, 11) is 0. The van der Waals surface area contributed by atoms with Gasteiger partial charge in [0.25, 0.3) is 5.91 Å². The first-order chi connectivity index (χ1) is 14.4. The van der Waals surface area contributed by atoms with Gasteiger partial charge >= 0.3 is 11.9 Å². The van der Waals surface area contributed by atoms with Crippen LogP contribution in [0.2, 0.25) is 0 Å². The van der Waals surface area contributed by atoms with Crippen molar-refractivity contribution in [1.29, 1.82) is 0 Å². The van der Waals surface area contributed by atoms with Crippen LogP contribution in [0.5, 0.6) is 0 Å².